The number of hydrogen-bond acceptors (Lipinski definition) is 9. The Morgan fingerprint density at radius 1 is 1.17 bits per heavy atom. The molecule has 3 aromatic rings. The first-order valence-electron chi connectivity index (χ1n) is 11.6. The topological polar surface area (TPSA) is 141 Å². The van der Waals surface area contributed by atoms with Crippen LogP contribution in [0.25, 0.3) is 5.69 Å². The van der Waals surface area contributed by atoms with Crippen LogP contribution in [0.15, 0.2) is 39.0 Å². The molecule has 2 fully saturated rings. The summed E-state index contributed by atoms with van der Waals surface area (Å²) in [5.41, 5.74) is 5.33. The number of methoxy groups -OCH3 is 1. The summed E-state index contributed by atoms with van der Waals surface area (Å²) in [5, 5.41) is 9.32. The number of para-hydroxylation sites is 2. The molecule has 5 rings (SSSR count). The minimum Gasteiger partial charge on any atom is -0.495 e. The van der Waals surface area contributed by atoms with Crippen molar-refractivity contribution < 1.29 is 9.53 Å². The third-order valence-corrected chi connectivity index (χ3v) is 7.22. The zero-order valence-corrected chi connectivity index (χ0v) is 20.2. The Bertz CT molecular complexity index is 1370. The number of ketones is 1. The smallest absolute Gasteiger partial charge is 0.330 e. The maximum absolute atomic E-state index is 13.1. The molecule has 0 spiro atoms. The van der Waals surface area contributed by atoms with Crippen molar-refractivity contribution in [3.63, 3.8) is 0 Å². The van der Waals surface area contributed by atoms with Gasteiger partial charge in [-0.1, -0.05) is 23.9 Å². The fourth-order valence-corrected chi connectivity index (χ4v) is 5.22. The first kappa shape index (κ1) is 23.2. The van der Waals surface area contributed by atoms with Gasteiger partial charge in [-0.05, 0) is 44.2 Å². The molecular formula is C23H27N7O4S. The van der Waals surface area contributed by atoms with Gasteiger partial charge in [-0.3, -0.25) is 23.7 Å². The average molecular weight is 498 g/mol. The SMILES string of the molecule is COc1ccccc1-n1c(SCC(=O)c2c(N)n(C3CC3)c(=O)[nH]c2=O)nnc1N1CCCCC1. The van der Waals surface area contributed by atoms with E-state index in [1.165, 1.54) is 11.0 Å². The quantitative estimate of drug-likeness (QED) is 0.353. The molecule has 2 aromatic heterocycles. The van der Waals surface area contributed by atoms with Crippen LogP contribution in [0.3, 0.4) is 0 Å². The third-order valence-electron chi connectivity index (χ3n) is 6.29. The molecule has 12 heteroatoms. The number of nitrogens with one attached hydrogen (secondary N) is 1. The van der Waals surface area contributed by atoms with Crippen molar-refractivity contribution in [2.45, 2.75) is 43.3 Å². The fourth-order valence-electron chi connectivity index (χ4n) is 4.41. The van der Waals surface area contributed by atoms with Gasteiger partial charge in [-0.2, -0.15) is 0 Å². The lowest BCUT2D eigenvalue weighted by atomic mass is 10.1. The largest absolute Gasteiger partial charge is 0.495 e. The van der Waals surface area contributed by atoms with Crippen molar-refractivity contribution in [2.24, 2.45) is 0 Å². The van der Waals surface area contributed by atoms with Gasteiger partial charge in [0.1, 0.15) is 17.1 Å². The standard InChI is InChI=1S/C23H27N7O4S/c1-34-17-8-4-3-7-15(17)30-21(28-11-5-2-6-12-28)26-27-23(30)35-13-16(31)18-19(24)29(14-9-10-14)22(33)25-20(18)32/h3-4,7-8,14H,2,5-6,9-13,24H2,1H3,(H,25,32,33). The number of nitrogen functional groups attached to an aromatic ring is 1. The molecule has 0 unspecified atom stereocenters. The molecule has 1 saturated carbocycles. The molecule has 184 valence electrons. The maximum Gasteiger partial charge on any atom is 0.330 e. The first-order chi connectivity index (χ1) is 17.0. The Kier molecular flexibility index (Phi) is 6.37. The summed E-state index contributed by atoms with van der Waals surface area (Å²) < 4.78 is 8.78. The van der Waals surface area contributed by atoms with E-state index in [4.69, 9.17) is 10.5 Å². The van der Waals surface area contributed by atoms with E-state index in [0.29, 0.717) is 16.9 Å². The van der Waals surface area contributed by atoms with E-state index in [1.54, 1.807) is 7.11 Å². The maximum atomic E-state index is 13.1. The number of piperidine rings is 1. The van der Waals surface area contributed by atoms with E-state index in [9.17, 15) is 14.4 Å². The number of anilines is 2. The lowest BCUT2D eigenvalue weighted by Gasteiger charge is -2.28. The molecule has 3 heterocycles. The van der Waals surface area contributed by atoms with E-state index in [1.807, 2.05) is 28.8 Å². The van der Waals surface area contributed by atoms with Gasteiger partial charge in [0.15, 0.2) is 10.9 Å². The number of nitrogens with zero attached hydrogens (tertiary/aromatic N) is 5. The summed E-state index contributed by atoms with van der Waals surface area (Å²) in [7, 11) is 1.60. The third kappa shape index (κ3) is 4.45. The van der Waals surface area contributed by atoms with Gasteiger partial charge in [0.2, 0.25) is 5.95 Å². The van der Waals surface area contributed by atoms with E-state index >= 15 is 0 Å². The number of thioether (sulfide) groups is 1. The van der Waals surface area contributed by atoms with Crippen LogP contribution in [-0.4, -0.2) is 56.1 Å². The molecule has 1 aliphatic carbocycles. The number of aromatic nitrogens is 5. The number of nitrogens with two attached hydrogens (primary N) is 1. The van der Waals surface area contributed by atoms with Crippen LogP contribution in [-0.2, 0) is 0 Å². The van der Waals surface area contributed by atoms with Crippen molar-refractivity contribution in [3.8, 4) is 11.4 Å². The fraction of sp³-hybridized carbons (Fsp3) is 0.435. The molecule has 35 heavy (non-hydrogen) atoms. The van der Waals surface area contributed by atoms with Crippen LogP contribution < -0.4 is 26.6 Å². The average Bonchev–Trinajstić information content (AvgIpc) is 3.60. The Morgan fingerprint density at radius 3 is 2.63 bits per heavy atom. The van der Waals surface area contributed by atoms with Crippen LogP contribution in [0.2, 0.25) is 0 Å². The molecule has 0 bridgehead atoms. The zero-order valence-electron chi connectivity index (χ0n) is 19.4. The number of Topliss-reactive ketones (excluding diaryl/α,β-unsaturated/α-hetero) is 1. The van der Waals surface area contributed by atoms with Gasteiger partial charge < -0.3 is 15.4 Å². The number of benzene rings is 1. The number of carbonyl (C=O) groups is 1. The predicted octanol–water partition coefficient (Wildman–Crippen LogP) is 2.01. The minimum atomic E-state index is -0.768. The van der Waals surface area contributed by atoms with Gasteiger partial charge in [0, 0.05) is 19.1 Å². The Balaban J connectivity index is 1.48. The molecular weight excluding hydrogens is 470 g/mol. The van der Waals surface area contributed by atoms with Crippen molar-refractivity contribution in [1.82, 2.24) is 24.3 Å². The predicted molar refractivity (Wildman–Crippen MR) is 133 cm³/mol. The van der Waals surface area contributed by atoms with E-state index in [-0.39, 0.29) is 23.2 Å². The summed E-state index contributed by atoms with van der Waals surface area (Å²) >= 11 is 1.16. The number of carbonyl (C=O) groups excluding carboxylic acids is 1. The second kappa shape index (κ2) is 9.61. The van der Waals surface area contributed by atoms with Crippen LogP contribution in [0.1, 0.15) is 48.5 Å². The molecule has 2 aliphatic rings. The van der Waals surface area contributed by atoms with Crippen LogP contribution >= 0.6 is 11.8 Å². The number of rotatable bonds is 8. The molecule has 1 aromatic carbocycles. The summed E-state index contributed by atoms with van der Waals surface area (Å²) in [6.45, 7) is 1.73. The second-order valence-corrected chi connectivity index (χ2v) is 9.61. The van der Waals surface area contributed by atoms with E-state index < -0.39 is 17.0 Å². The summed E-state index contributed by atoms with van der Waals surface area (Å²) in [6, 6.07) is 7.48. The molecule has 1 saturated heterocycles. The number of aromatic amines is 1. The lowest BCUT2D eigenvalue weighted by Crippen LogP contribution is -2.36. The van der Waals surface area contributed by atoms with Gasteiger partial charge in [0.05, 0.1) is 18.6 Å². The Labute approximate surface area is 205 Å². The molecule has 1 aliphatic heterocycles. The minimum absolute atomic E-state index is 0.0701. The number of H-pyrrole nitrogens is 1. The van der Waals surface area contributed by atoms with Crippen molar-refractivity contribution in [1.29, 1.82) is 0 Å². The first-order valence-corrected chi connectivity index (χ1v) is 12.6. The summed E-state index contributed by atoms with van der Waals surface area (Å²) in [6.07, 6.45) is 4.89. The van der Waals surface area contributed by atoms with Crippen LogP contribution in [0, 0.1) is 0 Å². The van der Waals surface area contributed by atoms with Crippen molar-refractivity contribution in [3.05, 3.63) is 50.7 Å². The lowest BCUT2D eigenvalue weighted by molar-refractivity contribution is 0.102. The van der Waals surface area contributed by atoms with Crippen molar-refractivity contribution >= 4 is 29.3 Å². The molecule has 0 atom stereocenters. The molecule has 3 N–H and O–H groups in total. The highest BCUT2D eigenvalue weighted by atomic mass is 32.2. The van der Waals surface area contributed by atoms with Crippen LogP contribution in [0.5, 0.6) is 5.75 Å². The van der Waals surface area contributed by atoms with Gasteiger partial charge in [-0.15, -0.1) is 10.2 Å². The Hall–Kier alpha value is -3.54. The van der Waals surface area contributed by atoms with Crippen molar-refractivity contribution in [2.75, 3.05) is 36.6 Å². The second-order valence-electron chi connectivity index (χ2n) is 8.67. The monoisotopic (exact) mass is 497 g/mol. The van der Waals surface area contributed by atoms with E-state index in [0.717, 1.165) is 56.2 Å². The highest BCUT2D eigenvalue weighted by molar-refractivity contribution is 7.99. The summed E-state index contributed by atoms with van der Waals surface area (Å²) in [4.78, 5) is 42.2. The van der Waals surface area contributed by atoms with Crippen LogP contribution in [0.4, 0.5) is 11.8 Å². The molecule has 0 radical (unpaired) electrons. The number of hydrogen-bond donors (Lipinski definition) is 2. The molecule has 0 amide bonds. The van der Waals surface area contributed by atoms with Gasteiger partial charge in [0.25, 0.3) is 5.56 Å². The normalized spacial score (nSPS) is 15.9. The summed E-state index contributed by atoms with van der Waals surface area (Å²) in [5.74, 6) is 0.688. The zero-order chi connectivity index (χ0) is 24.5. The highest BCUT2D eigenvalue weighted by Gasteiger charge is 2.30. The molecule has 11 nitrogen and oxygen atoms in total. The highest BCUT2D eigenvalue weighted by Crippen LogP contribution is 2.36. The number of ether oxygens (including phenoxy) is 1. The Morgan fingerprint density at radius 2 is 1.91 bits per heavy atom. The van der Waals surface area contributed by atoms with Gasteiger partial charge in [-0.25, -0.2) is 4.79 Å². The van der Waals surface area contributed by atoms with Gasteiger partial charge >= 0.3 is 5.69 Å². The van der Waals surface area contributed by atoms with E-state index in [2.05, 4.69) is 20.1 Å².